The van der Waals surface area contributed by atoms with Gasteiger partial charge in [-0.05, 0) is 26.3 Å². The number of nitrogens with one attached hydrogen (secondary N) is 1. The first kappa shape index (κ1) is 13.8. The molecule has 3 aliphatic rings. The molecule has 3 rings (SSSR count). The number of likely N-dealkylation sites (tertiary alicyclic amines) is 1. The second-order valence-corrected chi connectivity index (χ2v) is 6.33. The first-order valence-corrected chi connectivity index (χ1v) is 8.11. The quantitative estimate of drug-likeness (QED) is 0.823. The third-order valence-corrected chi connectivity index (χ3v) is 5.33. The number of likely N-dealkylation sites (N-methyl/N-ethyl adjacent to an activating group) is 1. The molecule has 0 aromatic carbocycles. The molecular formula is C15H29N3O. The van der Waals surface area contributed by atoms with Crippen LogP contribution >= 0.6 is 0 Å². The second-order valence-electron chi connectivity index (χ2n) is 6.33. The molecule has 1 saturated carbocycles. The Morgan fingerprint density at radius 2 is 1.74 bits per heavy atom. The lowest BCUT2D eigenvalue weighted by Crippen LogP contribution is -2.51. The van der Waals surface area contributed by atoms with Gasteiger partial charge in [0.15, 0.2) is 0 Å². The number of hydrogen-bond donors (Lipinski definition) is 1. The van der Waals surface area contributed by atoms with Crippen LogP contribution in [0.4, 0.5) is 0 Å². The van der Waals surface area contributed by atoms with Gasteiger partial charge in [0, 0.05) is 44.3 Å². The second kappa shape index (κ2) is 6.53. The van der Waals surface area contributed by atoms with Crippen LogP contribution in [0.25, 0.3) is 0 Å². The van der Waals surface area contributed by atoms with Crippen molar-refractivity contribution in [2.45, 2.75) is 50.2 Å². The van der Waals surface area contributed by atoms with E-state index in [1.165, 1.54) is 45.2 Å². The fourth-order valence-corrected chi connectivity index (χ4v) is 4.20. The number of hydrogen-bond acceptors (Lipinski definition) is 4. The van der Waals surface area contributed by atoms with Gasteiger partial charge in [-0.25, -0.2) is 0 Å². The summed E-state index contributed by atoms with van der Waals surface area (Å²) in [7, 11) is 2.14. The highest BCUT2D eigenvalue weighted by Crippen LogP contribution is 2.27. The van der Waals surface area contributed by atoms with E-state index in [2.05, 4.69) is 22.2 Å². The van der Waals surface area contributed by atoms with E-state index in [9.17, 15) is 0 Å². The Bertz CT molecular complexity index is 281. The van der Waals surface area contributed by atoms with E-state index in [0.717, 1.165) is 44.4 Å². The SMILES string of the molecule is CNC1CCCCC1N1CCC(N2CCOCC2)C1. The van der Waals surface area contributed by atoms with E-state index in [4.69, 9.17) is 4.74 Å². The summed E-state index contributed by atoms with van der Waals surface area (Å²) in [6, 6.07) is 2.28. The summed E-state index contributed by atoms with van der Waals surface area (Å²) in [5, 5.41) is 3.55. The van der Waals surface area contributed by atoms with E-state index in [-0.39, 0.29) is 0 Å². The number of nitrogens with zero attached hydrogens (tertiary/aromatic N) is 2. The molecular weight excluding hydrogens is 238 g/mol. The van der Waals surface area contributed by atoms with Crippen LogP contribution in [0.5, 0.6) is 0 Å². The predicted octanol–water partition coefficient (Wildman–Crippen LogP) is 0.924. The molecule has 3 unspecified atom stereocenters. The lowest BCUT2D eigenvalue weighted by Gasteiger charge is -2.39. The summed E-state index contributed by atoms with van der Waals surface area (Å²) in [5.41, 5.74) is 0. The number of rotatable bonds is 3. The molecule has 0 aromatic rings. The van der Waals surface area contributed by atoms with Crippen molar-refractivity contribution in [1.29, 1.82) is 0 Å². The lowest BCUT2D eigenvalue weighted by molar-refractivity contribution is 0.0165. The fraction of sp³-hybridized carbons (Fsp3) is 1.00. The predicted molar refractivity (Wildman–Crippen MR) is 77.5 cm³/mol. The van der Waals surface area contributed by atoms with E-state index in [0.29, 0.717) is 0 Å². The molecule has 0 spiro atoms. The minimum absolute atomic E-state index is 0.720. The maximum atomic E-state index is 5.47. The molecule has 4 nitrogen and oxygen atoms in total. The average molecular weight is 267 g/mol. The van der Waals surface area contributed by atoms with Crippen molar-refractivity contribution < 1.29 is 4.74 Å². The first-order valence-electron chi connectivity index (χ1n) is 8.11. The molecule has 0 bridgehead atoms. The van der Waals surface area contributed by atoms with Crippen LogP contribution in [-0.4, -0.2) is 74.4 Å². The molecule has 2 aliphatic heterocycles. The summed E-state index contributed by atoms with van der Waals surface area (Å²) in [6.07, 6.45) is 6.93. The Hall–Kier alpha value is -0.160. The molecule has 3 fully saturated rings. The highest BCUT2D eigenvalue weighted by molar-refractivity contribution is 4.93. The molecule has 110 valence electrons. The van der Waals surface area contributed by atoms with Crippen LogP contribution in [0.2, 0.25) is 0 Å². The molecule has 1 N–H and O–H groups in total. The monoisotopic (exact) mass is 267 g/mol. The van der Waals surface area contributed by atoms with Crippen LogP contribution in [0.15, 0.2) is 0 Å². The van der Waals surface area contributed by atoms with E-state index < -0.39 is 0 Å². The van der Waals surface area contributed by atoms with Gasteiger partial charge in [0.05, 0.1) is 13.2 Å². The van der Waals surface area contributed by atoms with Crippen molar-refractivity contribution >= 4 is 0 Å². The molecule has 0 radical (unpaired) electrons. The van der Waals surface area contributed by atoms with Crippen LogP contribution in [0.3, 0.4) is 0 Å². The van der Waals surface area contributed by atoms with Gasteiger partial charge in [-0.2, -0.15) is 0 Å². The van der Waals surface area contributed by atoms with Crippen molar-refractivity contribution in [3.05, 3.63) is 0 Å². The molecule has 3 atom stereocenters. The van der Waals surface area contributed by atoms with Crippen LogP contribution in [0.1, 0.15) is 32.1 Å². The topological polar surface area (TPSA) is 27.7 Å². The van der Waals surface area contributed by atoms with Gasteiger partial charge >= 0.3 is 0 Å². The van der Waals surface area contributed by atoms with Crippen molar-refractivity contribution in [3.8, 4) is 0 Å². The Morgan fingerprint density at radius 1 is 0.947 bits per heavy atom. The Labute approximate surface area is 117 Å². The maximum Gasteiger partial charge on any atom is 0.0594 e. The molecule has 19 heavy (non-hydrogen) atoms. The standard InChI is InChI=1S/C15H29N3O/c1-16-14-4-2-3-5-15(14)18-7-6-13(12-18)17-8-10-19-11-9-17/h13-16H,2-12H2,1H3. The molecule has 0 aromatic heterocycles. The van der Waals surface area contributed by atoms with Crippen molar-refractivity contribution in [2.75, 3.05) is 46.4 Å². The van der Waals surface area contributed by atoms with Crippen LogP contribution < -0.4 is 5.32 Å². The first-order chi connectivity index (χ1) is 9.38. The Balaban J connectivity index is 1.55. The van der Waals surface area contributed by atoms with Gasteiger partial charge in [-0.15, -0.1) is 0 Å². The zero-order valence-corrected chi connectivity index (χ0v) is 12.3. The van der Waals surface area contributed by atoms with Gasteiger partial charge in [0.25, 0.3) is 0 Å². The summed E-state index contributed by atoms with van der Waals surface area (Å²) in [5.74, 6) is 0. The zero-order chi connectivity index (χ0) is 13.1. The fourth-order valence-electron chi connectivity index (χ4n) is 4.20. The van der Waals surface area contributed by atoms with Gasteiger partial charge < -0.3 is 10.1 Å². The smallest absolute Gasteiger partial charge is 0.0594 e. The molecule has 1 aliphatic carbocycles. The van der Waals surface area contributed by atoms with Gasteiger partial charge in [0.2, 0.25) is 0 Å². The highest BCUT2D eigenvalue weighted by atomic mass is 16.5. The molecule has 0 amide bonds. The summed E-state index contributed by atoms with van der Waals surface area (Å²) in [4.78, 5) is 5.42. The molecule has 2 heterocycles. The summed E-state index contributed by atoms with van der Waals surface area (Å²) < 4.78 is 5.47. The van der Waals surface area contributed by atoms with Crippen molar-refractivity contribution in [3.63, 3.8) is 0 Å². The lowest BCUT2D eigenvalue weighted by atomic mass is 9.89. The molecule has 4 heteroatoms. The van der Waals surface area contributed by atoms with E-state index >= 15 is 0 Å². The number of ether oxygens (including phenoxy) is 1. The average Bonchev–Trinajstić information content (AvgIpc) is 2.98. The maximum absolute atomic E-state index is 5.47. The highest BCUT2D eigenvalue weighted by Gasteiger charge is 2.36. The Kier molecular flexibility index (Phi) is 4.74. The van der Waals surface area contributed by atoms with Crippen molar-refractivity contribution in [2.24, 2.45) is 0 Å². The summed E-state index contributed by atoms with van der Waals surface area (Å²) >= 11 is 0. The van der Waals surface area contributed by atoms with Gasteiger partial charge in [0.1, 0.15) is 0 Å². The normalized spacial score (nSPS) is 38.7. The minimum Gasteiger partial charge on any atom is -0.379 e. The largest absolute Gasteiger partial charge is 0.379 e. The third-order valence-electron chi connectivity index (χ3n) is 5.33. The van der Waals surface area contributed by atoms with E-state index in [1.807, 2.05) is 0 Å². The zero-order valence-electron chi connectivity index (χ0n) is 12.3. The van der Waals surface area contributed by atoms with Crippen molar-refractivity contribution in [1.82, 2.24) is 15.1 Å². The Morgan fingerprint density at radius 3 is 2.53 bits per heavy atom. The minimum atomic E-state index is 0.720. The summed E-state index contributed by atoms with van der Waals surface area (Å²) in [6.45, 7) is 6.71. The molecule has 2 saturated heterocycles. The van der Waals surface area contributed by atoms with E-state index in [1.54, 1.807) is 0 Å². The van der Waals surface area contributed by atoms with Crippen LogP contribution in [-0.2, 0) is 4.74 Å². The van der Waals surface area contributed by atoms with Crippen LogP contribution in [0, 0.1) is 0 Å². The van der Waals surface area contributed by atoms with Gasteiger partial charge in [-0.1, -0.05) is 12.8 Å². The van der Waals surface area contributed by atoms with Gasteiger partial charge in [-0.3, -0.25) is 9.80 Å². The number of morpholine rings is 1. The third kappa shape index (κ3) is 3.13.